The van der Waals surface area contributed by atoms with Crippen LogP contribution in [0.5, 0.6) is 5.75 Å². The predicted octanol–water partition coefficient (Wildman–Crippen LogP) is 3.42. The fourth-order valence-electron chi connectivity index (χ4n) is 3.12. The van der Waals surface area contributed by atoms with Gasteiger partial charge in [-0.05, 0) is 29.1 Å². The Morgan fingerprint density at radius 2 is 2.00 bits per heavy atom. The average molecular weight is 426 g/mol. The summed E-state index contributed by atoms with van der Waals surface area (Å²) in [6.45, 7) is 3.75. The van der Waals surface area contributed by atoms with E-state index in [4.69, 9.17) is 4.74 Å². The van der Waals surface area contributed by atoms with Crippen molar-refractivity contribution in [1.29, 1.82) is 0 Å². The number of carbonyl (C=O) groups is 2. The minimum Gasteiger partial charge on any atom is -0.490 e. The van der Waals surface area contributed by atoms with Crippen molar-refractivity contribution in [2.45, 2.75) is 17.9 Å². The highest BCUT2D eigenvalue weighted by atomic mass is 32.1. The lowest BCUT2D eigenvalue weighted by Gasteiger charge is -2.44. The van der Waals surface area contributed by atoms with Gasteiger partial charge in [-0.2, -0.15) is 13.2 Å². The first-order valence-corrected chi connectivity index (χ1v) is 9.34. The lowest BCUT2D eigenvalue weighted by atomic mass is 9.78. The first-order valence-electron chi connectivity index (χ1n) is 8.46. The number of alkyl halides is 3. The summed E-state index contributed by atoms with van der Waals surface area (Å²) in [5, 5.41) is 15.8. The molecule has 0 unspecified atom stereocenters. The fourth-order valence-corrected chi connectivity index (χ4v) is 3.82. The van der Waals surface area contributed by atoms with Crippen molar-refractivity contribution in [3.63, 3.8) is 0 Å². The van der Waals surface area contributed by atoms with E-state index in [0.29, 0.717) is 5.75 Å². The van der Waals surface area contributed by atoms with Crippen LogP contribution < -0.4 is 15.4 Å². The van der Waals surface area contributed by atoms with E-state index in [9.17, 15) is 27.9 Å². The Morgan fingerprint density at radius 1 is 1.31 bits per heavy atom. The summed E-state index contributed by atoms with van der Waals surface area (Å²) >= 11 is 0.948. The lowest BCUT2D eigenvalue weighted by molar-refractivity contribution is -0.287. The minimum atomic E-state index is -5.28. The number of hydrogen-bond acceptors (Lipinski definition) is 5. The van der Waals surface area contributed by atoms with Crippen LogP contribution >= 0.6 is 11.3 Å². The topological polar surface area (TPSA) is 87.7 Å². The molecule has 1 aromatic heterocycles. The van der Waals surface area contributed by atoms with Crippen molar-refractivity contribution >= 4 is 23.2 Å². The third kappa shape index (κ3) is 3.99. The van der Waals surface area contributed by atoms with Crippen molar-refractivity contribution in [1.82, 2.24) is 10.6 Å². The van der Waals surface area contributed by atoms with Crippen molar-refractivity contribution in [2.75, 3.05) is 6.61 Å². The molecule has 154 valence electrons. The highest BCUT2D eigenvalue weighted by molar-refractivity contribution is 7.12. The van der Waals surface area contributed by atoms with E-state index < -0.39 is 35.7 Å². The second-order valence-electron chi connectivity index (χ2n) is 6.33. The molecule has 1 fully saturated rings. The van der Waals surface area contributed by atoms with E-state index in [0.717, 1.165) is 11.3 Å². The van der Waals surface area contributed by atoms with Crippen LogP contribution in [0.3, 0.4) is 0 Å². The monoisotopic (exact) mass is 426 g/mol. The molecule has 1 aromatic carbocycles. The highest BCUT2D eigenvalue weighted by Gasteiger charge is 2.66. The van der Waals surface area contributed by atoms with Gasteiger partial charge in [0.15, 0.2) is 5.78 Å². The van der Waals surface area contributed by atoms with Gasteiger partial charge < -0.3 is 20.5 Å². The number of rotatable bonds is 6. The van der Waals surface area contributed by atoms with Gasteiger partial charge >= 0.3 is 12.2 Å². The number of thiophene rings is 1. The molecule has 10 heteroatoms. The fraction of sp³-hybridized carbons (Fsp3) is 0.263. The van der Waals surface area contributed by atoms with E-state index in [2.05, 4.69) is 11.9 Å². The quantitative estimate of drug-likeness (QED) is 0.488. The van der Waals surface area contributed by atoms with Gasteiger partial charge in [0.05, 0.1) is 10.9 Å². The SMILES string of the molecule is C=CCOc1ccc([C@@H]2NC(=O)N[C@@](O)(C(F)(F)F)[C@H]2C(=O)c2cccs2)cc1. The largest absolute Gasteiger partial charge is 0.490 e. The molecule has 6 nitrogen and oxygen atoms in total. The molecule has 0 radical (unpaired) electrons. The number of halogens is 3. The molecule has 2 heterocycles. The second kappa shape index (κ2) is 7.88. The van der Waals surface area contributed by atoms with Crippen LogP contribution in [-0.4, -0.2) is 35.4 Å². The molecule has 1 aliphatic heterocycles. The average Bonchev–Trinajstić information content (AvgIpc) is 3.20. The first kappa shape index (κ1) is 20.9. The number of carbonyl (C=O) groups excluding carboxylic acids is 2. The van der Waals surface area contributed by atoms with Crippen LogP contribution in [0.2, 0.25) is 0 Å². The Bertz CT molecular complexity index is 899. The molecule has 0 saturated carbocycles. The van der Waals surface area contributed by atoms with Crippen molar-refractivity contribution in [3.8, 4) is 5.75 Å². The summed E-state index contributed by atoms with van der Waals surface area (Å²) in [7, 11) is 0. The number of ether oxygens (including phenoxy) is 1. The van der Waals surface area contributed by atoms with Crippen LogP contribution in [-0.2, 0) is 0 Å². The zero-order valence-corrected chi connectivity index (χ0v) is 15.7. The number of ketones is 1. The minimum absolute atomic E-state index is 0.0339. The first-order chi connectivity index (χ1) is 13.7. The number of urea groups is 1. The molecule has 0 aliphatic carbocycles. The zero-order chi connectivity index (χ0) is 21.2. The van der Waals surface area contributed by atoms with Gasteiger partial charge in [-0.1, -0.05) is 30.9 Å². The maximum Gasteiger partial charge on any atom is 0.437 e. The summed E-state index contributed by atoms with van der Waals surface area (Å²) in [6, 6.07) is 6.07. The molecule has 0 bridgehead atoms. The summed E-state index contributed by atoms with van der Waals surface area (Å²) in [4.78, 5) is 24.9. The summed E-state index contributed by atoms with van der Waals surface area (Å²) in [5.74, 6) is -2.55. The Labute approximate surface area is 168 Å². The molecular weight excluding hydrogens is 409 g/mol. The van der Waals surface area contributed by atoms with Gasteiger partial charge in [-0.15, -0.1) is 11.3 Å². The normalized spacial score (nSPS) is 24.3. The number of benzene rings is 1. The maximum atomic E-state index is 13.8. The van der Waals surface area contributed by atoms with Crippen molar-refractivity contribution < 1.29 is 32.6 Å². The zero-order valence-electron chi connectivity index (χ0n) is 14.9. The van der Waals surface area contributed by atoms with Gasteiger partial charge in [-0.3, -0.25) is 4.79 Å². The summed E-state index contributed by atoms with van der Waals surface area (Å²) in [6.07, 6.45) is -3.76. The van der Waals surface area contributed by atoms with Crippen LogP contribution in [0, 0.1) is 5.92 Å². The van der Waals surface area contributed by atoms with Crippen molar-refractivity contribution in [3.05, 3.63) is 64.9 Å². The molecule has 3 atom stereocenters. The molecule has 1 saturated heterocycles. The summed E-state index contributed by atoms with van der Waals surface area (Å²) < 4.78 is 46.7. The Balaban J connectivity index is 2.05. The van der Waals surface area contributed by atoms with E-state index >= 15 is 0 Å². The highest BCUT2D eigenvalue weighted by Crippen LogP contribution is 2.44. The number of nitrogens with one attached hydrogen (secondary N) is 2. The Kier molecular flexibility index (Phi) is 5.67. The van der Waals surface area contributed by atoms with Gasteiger partial charge in [0, 0.05) is 0 Å². The smallest absolute Gasteiger partial charge is 0.437 e. The van der Waals surface area contributed by atoms with Crippen LogP contribution in [0.4, 0.5) is 18.0 Å². The van der Waals surface area contributed by atoms with Crippen LogP contribution in [0.1, 0.15) is 21.3 Å². The third-order valence-corrected chi connectivity index (χ3v) is 5.34. The third-order valence-electron chi connectivity index (χ3n) is 4.46. The Hall–Kier alpha value is -2.85. The number of aliphatic hydroxyl groups is 1. The van der Waals surface area contributed by atoms with Gasteiger partial charge in [0.1, 0.15) is 18.3 Å². The molecule has 0 spiro atoms. The van der Waals surface area contributed by atoms with Crippen LogP contribution in [0.25, 0.3) is 0 Å². The number of Topliss-reactive ketones (excluding diaryl/α,β-unsaturated/α-hetero) is 1. The number of amides is 2. The standard InChI is InChI=1S/C19H17F3N2O4S/c1-2-9-28-12-7-5-11(6-8-12)15-14(16(25)13-4-3-10-29-13)18(27,19(20,21)22)24-17(26)23-15/h2-8,10,14-15,27H,1,9H2,(H2,23,24,26)/t14-,15+,18+/m1/s1. The predicted molar refractivity (Wildman–Crippen MR) is 99.7 cm³/mol. The molecule has 1 aliphatic rings. The molecule has 3 rings (SSSR count). The lowest BCUT2D eigenvalue weighted by Crippen LogP contribution is -2.72. The second-order valence-corrected chi connectivity index (χ2v) is 7.28. The Morgan fingerprint density at radius 3 is 2.55 bits per heavy atom. The van der Waals surface area contributed by atoms with Gasteiger partial charge in [-0.25, -0.2) is 4.79 Å². The molecular formula is C19H17F3N2O4S. The van der Waals surface area contributed by atoms with Gasteiger partial charge in [0.2, 0.25) is 5.72 Å². The van der Waals surface area contributed by atoms with Crippen LogP contribution in [0.15, 0.2) is 54.4 Å². The van der Waals surface area contributed by atoms with E-state index in [1.165, 1.54) is 53.2 Å². The van der Waals surface area contributed by atoms with Crippen molar-refractivity contribution in [2.24, 2.45) is 5.92 Å². The maximum absolute atomic E-state index is 13.8. The summed E-state index contributed by atoms with van der Waals surface area (Å²) in [5.41, 5.74) is -3.53. The molecule has 3 N–H and O–H groups in total. The van der Waals surface area contributed by atoms with Gasteiger partial charge in [0.25, 0.3) is 0 Å². The van der Waals surface area contributed by atoms with E-state index in [1.54, 1.807) is 0 Å². The molecule has 29 heavy (non-hydrogen) atoms. The number of hydrogen-bond donors (Lipinski definition) is 3. The van der Waals surface area contributed by atoms with E-state index in [1.807, 2.05) is 0 Å². The van der Waals surface area contributed by atoms with E-state index in [-0.39, 0.29) is 17.0 Å². The molecule has 2 aromatic rings. The molecule has 2 amide bonds.